The fourth-order valence-corrected chi connectivity index (χ4v) is 6.23. The van der Waals surface area contributed by atoms with Gasteiger partial charge in [-0.3, -0.25) is 10.1 Å². The molecule has 1 N–H and O–H groups in total. The van der Waals surface area contributed by atoms with Gasteiger partial charge < -0.3 is 0 Å². The first-order valence-corrected chi connectivity index (χ1v) is 11.9. The zero-order valence-electron chi connectivity index (χ0n) is 15.4. The van der Waals surface area contributed by atoms with E-state index in [0.717, 1.165) is 21.7 Å². The van der Waals surface area contributed by atoms with Crippen molar-refractivity contribution < 1.29 is 13.2 Å². The average Bonchev–Trinajstić information content (AvgIpc) is 3.32. The molecule has 0 bridgehead atoms. The van der Waals surface area contributed by atoms with Crippen LogP contribution in [0.2, 0.25) is 0 Å². The number of rotatable bonds is 4. The first kappa shape index (κ1) is 19.3. The molecule has 3 heterocycles. The topological polar surface area (TPSA) is 79.4 Å². The molecule has 0 spiro atoms. The van der Waals surface area contributed by atoms with Crippen molar-refractivity contribution in [3.63, 3.8) is 0 Å². The van der Waals surface area contributed by atoms with Gasteiger partial charge in [-0.1, -0.05) is 12.1 Å². The van der Waals surface area contributed by atoms with Crippen LogP contribution in [0.5, 0.6) is 0 Å². The highest BCUT2D eigenvalue weighted by molar-refractivity contribution is 7.89. The summed E-state index contributed by atoms with van der Waals surface area (Å²) >= 11 is 2.70. The first-order valence-electron chi connectivity index (χ1n) is 8.75. The standard InChI is InChI=1S/C19H19N3O3S3/c1-12-5-6-14(10-13(12)2)28(24,25)22-8-7-15-17(11-22)27-19(20-15)21-18(23)16-4-3-9-26-16/h3-6,9-10H,7-8,11H2,1-2H3,(H,20,21,23). The number of carbonyl (C=O) groups is 1. The normalized spacial score (nSPS) is 14.6. The van der Waals surface area contributed by atoms with Gasteiger partial charge in [0.15, 0.2) is 5.13 Å². The zero-order valence-corrected chi connectivity index (χ0v) is 17.9. The molecule has 146 valence electrons. The van der Waals surface area contributed by atoms with Gasteiger partial charge in [0.25, 0.3) is 5.91 Å². The van der Waals surface area contributed by atoms with Crippen molar-refractivity contribution in [2.75, 3.05) is 11.9 Å². The van der Waals surface area contributed by atoms with E-state index in [9.17, 15) is 13.2 Å². The maximum atomic E-state index is 13.0. The molecular weight excluding hydrogens is 414 g/mol. The van der Waals surface area contributed by atoms with Crippen molar-refractivity contribution >= 4 is 43.7 Å². The third kappa shape index (κ3) is 3.62. The molecule has 4 rings (SSSR count). The van der Waals surface area contributed by atoms with Crippen LogP contribution in [-0.4, -0.2) is 30.2 Å². The number of benzene rings is 1. The molecule has 0 saturated carbocycles. The van der Waals surface area contributed by atoms with Gasteiger partial charge in [-0.15, -0.1) is 22.7 Å². The number of aryl methyl sites for hydroxylation is 2. The summed E-state index contributed by atoms with van der Waals surface area (Å²) in [5.74, 6) is -0.194. The Labute approximate surface area is 171 Å². The third-order valence-electron chi connectivity index (χ3n) is 4.78. The van der Waals surface area contributed by atoms with E-state index >= 15 is 0 Å². The number of nitrogens with one attached hydrogen (secondary N) is 1. The Morgan fingerprint density at radius 2 is 2.04 bits per heavy atom. The molecule has 9 heteroatoms. The predicted molar refractivity (Wildman–Crippen MR) is 112 cm³/mol. The van der Waals surface area contributed by atoms with Crippen LogP contribution in [0.25, 0.3) is 0 Å². The molecule has 0 unspecified atom stereocenters. The number of aromatic nitrogens is 1. The van der Waals surface area contributed by atoms with E-state index in [4.69, 9.17) is 0 Å². The molecule has 1 aliphatic heterocycles. The molecule has 0 aliphatic carbocycles. The van der Waals surface area contributed by atoms with Crippen molar-refractivity contribution in [2.45, 2.75) is 31.7 Å². The van der Waals surface area contributed by atoms with Crippen molar-refractivity contribution in [2.24, 2.45) is 0 Å². The highest BCUT2D eigenvalue weighted by Crippen LogP contribution is 2.31. The Balaban J connectivity index is 1.54. The number of hydrogen-bond acceptors (Lipinski definition) is 6. The molecule has 0 radical (unpaired) electrons. The molecule has 1 aromatic carbocycles. The number of hydrogen-bond donors (Lipinski definition) is 1. The maximum absolute atomic E-state index is 13.0. The number of nitrogens with zero attached hydrogens (tertiary/aromatic N) is 2. The summed E-state index contributed by atoms with van der Waals surface area (Å²) in [7, 11) is -3.57. The Morgan fingerprint density at radius 3 is 2.75 bits per heavy atom. The van der Waals surface area contributed by atoms with Crippen LogP contribution >= 0.6 is 22.7 Å². The van der Waals surface area contributed by atoms with E-state index in [1.807, 2.05) is 31.4 Å². The quantitative estimate of drug-likeness (QED) is 0.678. The van der Waals surface area contributed by atoms with E-state index in [0.29, 0.717) is 27.9 Å². The molecule has 6 nitrogen and oxygen atoms in total. The summed E-state index contributed by atoms with van der Waals surface area (Å²) in [6, 6.07) is 8.79. The van der Waals surface area contributed by atoms with Gasteiger partial charge in [-0.25, -0.2) is 13.4 Å². The van der Waals surface area contributed by atoms with E-state index < -0.39 is 10.0 Å². The lowest BCUT2D eigenvalue weighted by molar-refractivity contribution is 0.103. The number of anilines is 1. The van der Waals surface area contributed by atoms with E-state index in [1.54, 1.807) is 18.2 Å². The van der Waals surface area contributed by atoms with Crippen molar-refractivity contribution in [1.29, 1.82) is 0 Å². The lowest BCUT2D eigenvalue weighted by atomic mass is 10.1. The fraction of sp³-hybridized carbons (Fsp3) is 0.263. The van der Waals surface area contributed by atoms with Gasteiger partial charge in [0.2, 0.25) is 10.0 Å². The number of thiophene rings is 1. The number of fused-ring (bicyclic) bond motifs is 1. The molecular formula is C19H19N3O3S3. The minimum atomic E-state index is -3.57. The van der Waals surface area contributed by atoms with Crippen LogP contribution in [-0.2, 0) is 23.0 Å². The van der Waals surface area contributed by atoms with Crippen LogP contribution in [0.15, 0.2) is 40.6 Å². The number of carbonyl (C=O) groups excluding carboxylic acids is 1. The molecule has 0 atom stereocenters. The second kappa shape index (κ2) is 7.40. The summed E-state index contributed by atoms with van der Waals surface area (Å²) in [6.07, 6.45) is 0.533. The monoisotopic (exact) mass is 433 g/mol. The zero-order chi connectivity index (χ0) is 19.9. The Kier molecular flexibility index (Phi) is 5.09. The van der Waals surface area contributed by atoms with Crippen LogP contribution in [0.1, 0.15) is 31.4 Å². The van der Waals surface area contributed by atoms with E-state index in [1.165, 1.54) is 27.0 Å². The van der Waals surface area contributed by atoms with Crippen LogP contribution in [0.4, 0.5) is 5.13 Å². The molecule has 0 saturated heterocycles. The largest absolute Gasteiger partial charge is 0.297 e. The van der Waals surface area contributed by atoms with E-state index in [-0.39, 0.29) is 12.5 Å². The average molecular weight is 434 g/mol. The van der Waals surface area contributed by atoms with Crippen LogP contribution in [0.3, 0.4) is 0 Å². The summed E-state index contributed by atoms with van der Waals surface area (Å²) < 4.78 is 27.6. The predicted octanol–water partition coefficient (Wildman–Crippen LogP) is 3.82. The molecule has 3 aromatic rings. The Morgan fingerprint density at radius 1 is 1.21 bits per heavy atom. The van der Waals surface area contributed by atoms with Gasteiger partial charge in [0.1, 0.15) is 0 Å². The highest BCUT2D eigenvalue weighted by atomic mass is 32.2. The van der Waals surface area contributed by atoms with Gasteiger partial charge in [-0.2, -0.15) is 4.31 Å². The molecule has 0 fully saturated rings. The lowest BCUT2D eigenvalue weighted by Crippen LogP contribution is -2.35. The minimum Gasteiger partial charge on any atom is -0.297 e. The van der Waals surface area contributed by atoms with Crippen LogP contribution < -0.4 is 5.32 Å². The van der Waals surface area contributed by atoms with Crippen LogP contribution in [0, 0.1) is 13.8 Å². The third-order valence-corrected chi connectivity index (χ3v) is 8.49. The van der Waals surface area contributed by atoms with Gasteiger partial charge >= 0.3 is 0 Å². The SMILES string of the molecule is Cc1ccc(S(=O)(=O)N2CCc3nc(NC(=O)c4cccs4)sc3C2)cc1C. The second-order valence-corrected chi connectivity index (χ2v) is 10.6. The molecule has 28 heavy (non-hydrogen) atoms. The maximum Gasteiger partial charge on any atom is 0.267 e. The summed E-state index contributed by atoms with van der Waals surface area (Å²) in [4.78, 5) is 18.5. The molecule has 1 aliphatic rings. The first-order chi connectivity index (χ1) is 13.3. The number of amides is 1. The number of sulfonamides is 1. The fourth-order valence-electron chi connectivity index (χ4n) is 3.02. The van der Waals surface area contributed by atoms with Crippen molar-refractivity contribution in [3.05, 3.63) is 62.3 Å². The van der Waals surface area contributed by atoms with E-state index in [2.05, 4.69) is 10.3 Å². The summed E-state index contributed by atoms with van der Waals surface area (Å²) in [5.41, 5.74) is 2.88. The molecule has 2 aromatic heterocycles. The smallest absolute Gasteiger partial charge is 0.267 e. The Bertz CT molecular complexity index is 1130. The van der Waals surface area contributed by atoms with Gasteiger partial charge in [0.05, 0.1) is 22.0 Å². The van der Waals surface area contributed by atoms with Crippen molar-refractivity contribution in [3.8, 4) is 0 Å². The summed E-state index contributed by atoms with van der Waals surface area (Å²) in [5, 5.41) is 5.16. The van der Waals surface area contributed by atoms with Gasteiger partial charge in [-0.05, 0) is 48.6 Å². The minimum absolute atomic E-state index is 0.194. The number of thiazole rings is 1. The van der Waals surface area contributed by atoms with Gasteiger partial charge in [0, 0.05) is 17.8 Å². The lowest BCUT2D eigenvalue weighted by Gasteiger charge is -2.25. The highest BCUT2D eigenvalue weighted by Gasteiger charge is 2.30. The van der Waals surface area contributed by atoms with Crippen molar-refractivity contribution in [1.82, 2.24) is 9.29 Å². The Hall–Kier alpha value is -2.07. The summed E-state index contributed by atoms with van der Waals surface area (Å²) in [6.45, 7) is 4.53. The molecule has 1 amide bonds. The second-order valence-electron chi connectivity index (χ2n) is 6.65.